The van der Waals surface area contributed by atoms with Crippen LogP contribution in [0.25, 0.3) is 44.3 Å². The molecule has 2 aromatic heterocycles. The number of aromatic nitrogens is 1. The van der Waals surface area contributed by atoms with Crippen LogP contribution in [0.2, 0.25) is 0 Å². The van der Waals surface area contributed by atoms with Crippen LogP contribution < -0.4 is 0 Å². The lowest BCUT2D eigenvalue weighted by atomic mass is 10.0. The smallest absolute Gasteiger partial charge is 0.144 e. The SMILES string of the molecule is [2H]C([2H])([2H])c1ccnc(-c2cccc3c2oc2cc(-c4ccccc4)ccc23)c1. The summed E-state index contributed by atoms with van der Waals surface area (Å²) in [5, 5.41) is 2.01. The van der Waals surface area contributed by atoms with Gasteiger partial charge in [0.2, 0.25) is 0 Å². The lowest BCUT2D eigenvalue weighted by molar-refractivity contribution is 0.670. The van der Waals surface area contributed by atoms with Crippen molar-refractivity contribution in [2.24, 2.45) is 0 Å². The molecule has 0 aliphatic carbocycles. The Hall–Kier alpha value is -3.39. The molecule has 26 heavy (non-hydrogen) atoms. The molecule has 0 amide bonds. The van der Waals surface area contributed by atoms with Gasteiger partial charge in [0.1, 0.15) is 11.2 Å². The molecule has 5 aromatic rings. The van der Waals surface area contributed by atoms with E-state index in [4.69, 9.17) is 8.53 Å². The van der Waals surface area contributed by atoms with Gasteiger partial charge >= 0.3 is 0 Å². The number of benzene rings is 3. The van der Waals surface area contributed by atoms with E-state index in [9.17, 15) is 0 Å². The van der Waals surface area contributed by atoms with Crippen LogP contribution >= 0.6 is 0 Å². The number of nitrogens with zero attached hydrogens (tertiary/aromatic N) is 1. The van der Waals surface area contributed by atoms with Crippen molar-refractivity contribution in [2.75, 3.05) is 0 Å². The Morgan fingerprint density at radius 2 is 1.73 bits per heavy atom. The highest BCUT2D eigenvalue weighted by Crippen LogP contribution is 2.36. The normalized spacial score (nSPS) is 13.5. The third-order valence-electron chi connectivity index (χ3n) is 4.64. The quantitative estimate of drug-likeness (QED) is 0.361. The van der Waals surface area contributed by atoms with E-state index in [1.807, 2.05) is 42.5 Å². The van der Waals surface area contributed by atoms with E-state index in [0.717, 1.165) is 33.0 Å². The molecule has 0 saturated heterocycles. The highest BCUT2D eigenvalue weighted by Gasteiger charge is 2.13. The number of hydrogen-bond donors (Lipinski definition) is 0. The Morgan fingerprint density at radius 1 is 0.808 bits per heavy atom. The summed E-state index contributed by atoms with van der Waals surface area (Å²) >= 11 is 0. The molecule has 0 aliphatic heterocycles. The third-order valence-corrected chi connectivity index (χ3v) is 4.64. The van der Waals surface area contributed by atoms with E-state index in [1.54, 1.807) is 6.07 Å². The van der Waals surface area contributed by atoms with E-state index >= 15 is 0 Å². The lowest BCUT2D eigenvalue weighted by Gasteiger charge is -2.02. The van der Waals surface area contributed by atoms with Gasteiger partial charge < -0.3 is 4.42 Å². The largest absolute Gasteiger partial charge is 0.455 e. The van der Waals surface area contributed by atoms with E-state index in [0.29, 0.717) is 11.3 Å². The van der Waals surface area contributed by atoms with Crippen LogP contribution in [0, 0.1) is 6.85 Å². The standard InChI is InChI=1S/C24H17NO/c1-16-12-13-25-22(14-16)21-9-5-8-20-19-11-10-18(15-23(19)26-24(20)21)17-6-3-2-4-7-17/h2-15H,1H3/i1D3. The summed E-state index contributed by atoms with van der Waals surface area (Å²) in [6, 6.07) is 25.4. The molecule has 2 heterocycles. The van der Waals surface area contributed by atoms with Crippen LogP contribution in [0.5, 0.6) is 0 Å². The van der Waals surface area contributed by atoms with E-state index in [2.05, 4.69) is 29.2 Å². The van der Waals surface area contributed by atoms with Gasteiger partial charge in [0.05, 0.1) is 5.69 Å². The van der Waals surface area contributed by atoms with Crippen molar-refractivity contribution >= 4 is 21.9 Å². The first-order valence-corrected chi connectivity index (χ1v) is 8.48. The third kappa shape index (κ3) is 2.39. The van der Waals surface area contributed by atoms with Gasteiger partial charge in [-0.15, -0.1) is 0 Å². The fourth-order valence-electron chi connectivity index (χ4n) is 3.39. The van der Waals surface area contributed by atoms with Crippen molar-refractivity contribution in [3.63, 3.8) is 0 Å². The van der Waals surface area contributed by atoms with Crippen molar-refractivity contribution in [3.05, 3.63) is 90.6 Å². The molecule has 0 atom stereocenters. The number of para-hydroxylation sites is 1. The summed E-state index contributed by atoms with van der Waals surface area (Å²) in [7, 11) is 0. The molecule has 0 fully saturated rings. The van der Waals surface area contributed by atoms with E-state index < -0.39 is 6.85 Å². The Balaban J connectivity index is 1.70. The number of aryl methyl sites for hydroxylation is 1. The zero-order valence-corrected chi connectivity index (χ0v) is 13.9. The molecule has 0 spiro atoms. The fraction of sp³-hybridized carbons (Fsp3) is 0.0417. The predicted molar refractivity (Wildman–Crippen MR) is 107 cm³/mol. The zero-order valence-electron chi connectivity index (χ0n) is 16.9. The molecule has 0 unspecified atom stereocenters. The van der Waals surface area contributed by atoms with Crippen molar-refractivity contribution in [2.45, 2.75) is 6.85 Å². The molecule has 2 heteroatoms. The molecular weight excluding hydrogens is 318 g/mol. The summed E-state index contributed by atoms with van der Waals surface area (Å²) in [4.78, 5) is 4.40. The topological polar surface area (TPSA) is 26.0 Å². The van der Waals surface area contributed by atoms with Crippen molar-refractivity contribution in [1.82, 2.24) is 4.98 Å². The molecule has 3 aromatic carbocycles. The van der Waals surface area contributed by atoms with Crippen LogP contribution in [-0.2, 0) is 0 Å². The van der Waals surface area contributed by atoms with Gasteiger partial charge in [-0.25, -0.2) is 0 Å². The minimum absolute atomic E-state index is 0.266. The van der Waals surface area contributed by atoms with Crippen LogP contribution in [0.3, 0.4) is 0 Å². The summed E-state index contributed by atoms with van der Waals surface area (Å²) in [6.07, 6.45) is 1.53. The minimum Gasteiger partial charge on any atom is -0.455 e. The first-order chi connectivity index (χ1) is 14.0. The van der Waals surface area contributed by atoms with E-state index in [-0.39, 0.29) is 5.56 Å². The van der Waals surface area contributed by atoms with Gasteiger partial charge in [-0.3, -0.25) is 4.98 Å². The average Bonchev–Trinajstić information content (AvgIpc) is 3.12. The predicted octanol–water partition coefficient (Wildman–Crippen LogP) is 6.62. The van der Waals surface area contributed by atoms with Crippen LogP contribution in [0.15, 0.2) is 89.5 Å². The Morgan fingerprint density at radius 3 is 2.62 bits per heavy atom. The second-order valence-electron chi connectivity index (χ2n) is 6.29. The molecule has 2 nitrogen and oxygen atoms in total. The second-order valence-corrected chi connectivity index (χ2v) is 6.29. The van der Waals surface area contributed by atoms with Gasteiger partial charge in [0.25, 0.3) is 0 Å². The highest BCUT2D eigenvalue weighted by molar-refractivity contribution is 6.10. The van der Waals surface area contributed by atoms with Crippen molar-refractivity contribution in [3.8, 4) is 22.4 Å². The van der Waals surface area contributed by atoms with Gasteiger partial charge in [0.15, 0.2) is 0 Å². The number of hydrogen-bond acceptors (Lipinski definition) is 2. The maximum Gasteiger partial charge on any atom is 0.144 e. The number of furan rings is 1. The van der Waals surface area contributed by atoms with Crippen LogP contribution in [0.4, 0.5) is 0 Å². The molecule has 124 valence electrons. The molecule has 0 N–H and O–H groups in total. The summed E-state index contributed by atoms with van der Waals surface area (Å²) in [6.45, 7) is -2.18. The van der Waals surface area contributed by atoms with Gasteiger partial charge in [0, 0.05) is 26.6 Å². The summed E-state index contributed by atoms with van der Waals surface area (Å²) in [5.41, 5.74) is 5.35. The average molecular weight is 338 g/mol. The number of rotatable bonds is 2. The first-order valence-electron chi connectivity index (χ1n) is 9.98. The van der Waals surface area contributed by atoms with Crippen LogP contribution in [0.1, 0.15) is 9.68 Å². The monoisotopic (exact) mass is 338 g/mol. The summed E-state index contributed by atoms with van der Waals surface area (Å²) < 4.78 is 29.3. The summed E-state index contributed by atoms with van der Waals surface area (Å²) in [5.74, 6) is 0. The molecule has 0 aliphatic rings. The molecular formula is C24H17NO. The second kappa shape index (κ2) is 5.85. The zero-order chi connectivity index (χ0) is 20.0. The van der Waals surface area contributed by atoms with Gasteiger partial charge in [-0.1, -0.05) is 48.5 Å². The maximum atomic E-state index is 7.67. The van der Waals surface area contributed by atoms with Crippen molar-refractivity contribution in [1.29, 1.82) is 0 Å². The Bertz CT molecular complexity index is 1340. The Kier molecular flexibility index (Phi) is 2.71. The van der Waals surface area contributed by atoms with Gasteiger partial charge in [-0.2, -0.15) is 0 Å². The minimum atomic E-state index is -2.18. The number of fused-ring (bicyclic) bond motifs is 3. The highest BCUT2D eigenvalue weighted by atomic mass is 16.3. The molecule has 5 rings (SSSR count). The first kappa shape index (κ1) is 12.0. The van der Waals surface area contributed by atoms with Crippen molar-refractivity contribution < 1.29 is 8.53 Å². The fourth-order valence-corrected chi connectivity index (χ4v) is 3.39. The molecule has 0 saturated carbocycles. The Labute approximate surface area is 156 Å². The number of pyridine rings is 1. The van der Waals surface area contributed by atoms with Crippen LogP contribution in [-0.4, -0.2) is 4.98 Å². The molecule has 0 radical (unpaired) electrons. The maximum absolute atomic E-state index is 7.67. The molecule has 0 bridgehead atoms. The lowest BCUT2D eigenvalue weighted by Crippen LogP contribution is -1.84. The van der Waals surface area contributed by atoms with Gasteiger partial charge in [-0.05, 0) is 53.9 Å². The van der Waals surface area contributed by atoms with E-state index in [1.165, 1.54) is 12.3 Å².